The molecule has 1 aromatic carbocycles. The Hall–Kier alpha value is -1.34. The fourth-order valence-corrected chi connectivity index (χ4v) is 4.07. The number of hydrogen-bond acceptors (Lipinski definition) is 3. The molecule has 0 aliphatic carbocycles. The molecule has 4 rings (SSSR count). The normalized spacial score (nSPS) is 24.8. The number of nitrogens with zero attached hydrogens (tertiary/aromatic N) is 2. The van der Waals surface area contributed by atoms with Crippen LogP contribution in [-0.2, 0) is 6.54 Å². The average molecular weight is 374 g/mol. The predicted molar refractivity (Wildman–Crippen MR) is 91.9 cm³/mol. The summed E-state index contributed by atoms with van der Waals surface area (Å²) in [7, 11) is 1.63. The highest BCUT2D eigenvalue weighted by Gasteiger charge is 2.42. The number of halogens is 4. The lowest BCUT2D eigenvalue weighted by Crippen LogP contribution is -2.46. The van der Waals surface area contributed by atoms with Gasteiger partial charge in [-0.05, 0) is 36.5 Å². The van der Waals surface area contributed by atoms with Crippen LogP contribution in [0.2, 0.25) is 0 Å². The van der Waals surface area contributed by atoms with Crippen molar-refractivity contribution >= 4 is 0 Å². The quantitative estimate of drug-likeness (QED) is 0.674. The Kier molecular flexibility index (Phi) is 6.07. The van der Waals surface area contributed by atoms with Crippen molar-refractivity contribution in [3.8, 4) is 5.75 Å². The summed E-state index contributed by atoms with van der Waals surface area (Å²) < 4.78 is 56.5. The maximum atomic E-state index is 13.3. The van der Waals surface area contributed by atoms with Gasteiger partial charge in [0.2, 0.25) is 0 Å². The Bertz CT molecular complexity index is 581. The molecule has 0 saturated carbocycles. The van der Waals surface area contributed by atoms with Crippen molar-refractivity contribution < 1.29 is 22.3 Å². The molecule has 26 heavy (non-hydrogen) atoms. The average Bonchev–Trinajstić information content (AvgIpc) is 2.91. The molecule has 3 saturated heterocycles. The minimum absolute atomic E-state index is 0.0366. The summed E-state index contributed by atoms with van der Waals surface area (Å²) >= 11 is 0. The largest absolute Gasteiger partial charge is 0.497 e. The minimum Gasteiger partial charge on any atom is -0.497 e. The van der Waals surface area contributed by atoms with Crippen molar-refractivity contribution in [2.24, 2.45) is 5.92 Å². The molecule has 3 aliphatic heterocycles. The van der Waals surface area contributed by atoms with Gasteiger partial charge < -0.3 is 4.74 Å². The van der Waals surface area contributed by atoms with E-state index in [0.29, 0.717) is 5.92 Å². The molecule has 0 spiro atoms. The summed E-state index contributed by atoms with van der Waals surface area (Å²) in [6.07, 6.45) is -2.33. The molecular weight excluding hydrogens is 348 g/mol. The van der Waals surface area contributed by atoms with Crippen molar-refractivity contribution in [2.45, 2.75) is 44.2 Å². The molecule has 3 fully saturated rings. The molecule has 3 aliphatic rings. The van der Waals surface area contributed by atoms with Gasteiger partial charge in [-0.25, -0.2) is 17.6 Å². The van der Waals surface area contributed by atoms with E-state index in [-0.39, 0.29) is 12.6 Å². The van der Waals surface area contributed by atoms with Crippen molar-refractivity contribution in [2.75, 3.05) is 33.3 Å². The lowest BCUT2D eigenvalue weighted by Gasteiger charge is -2.36. The molecular formula is C19H26F4N2O. The number of rotatable bonds is 7. The van der Waals surface area contributed by atoms with Gasteiger partial charge in [0.25, 0.3) is 0 Å². The van der Waals surface area contributed by atoms with E-state index in [1.807, 2.05) is 29.2 Å². The zero-order chi connectivity index (χ0) is 18.7. The first-order valence-corrected chi connectivity index (χ1v) is 9.12. The maximum Gasteiger partial charge on any atom is 0.308 e. The second-order valence-corrected chi connectivity index (χ2v) is 7.45. The van der Waals surface area contributed by atoms with E-state index in [0.717, 1.165) is 44.8 Å². The van der Waals surface area contributed by atoms with E-state index >= 15 is 0 Å². The summed E-state index contributed by atoms with van der Waals surface area (Å²) in [5.74, 6) is -2.67. The number of piperidine rings is 1. The Labute approximate surface area is 151 Å². The predicted octanol–water partition coefficient (Wildman–Crippen LogP) is 3.88. The molecule has 7 heteroatoms. The van der Waals surface area contributed by atoms with Gasteiger partial charge in [-0.2, -0.15) is 0 Å². The monoisotopic (exact) mass is 374 g/mol. The van der Waals surface area contributed by atoms with E-state index in [1.54, 1.807) is 7.11 Å². The number of benzene rings is 1. The number of alkyl halides is 4. The second kappa shape index (κ2) is 8.13. The van der Waals surface area contributed by atoms with Gasteiger partial charge in [-0.3, -0.25) is 9.80 Å². The lowest BCUT2D eigenvalue weighted by molar-refractivity contribution is -0.137. The number of fused-ring (bicyclic) bond motifs is 4. The highest BCUT2D eigenvalue weighted by molar-refractivity contribution is 5.27. The number of ether oxygens (including phenoxy) is 1. The fourth-order valence-electron chi connectivity index (χ4n) is 4.07. The Balaban J connectivity index is 1.58. The Morgan fingerprint density at radius 2 is 1.85 bits per heavy atom. The first kappa shape index (κ1) is 19.4. The summed E-state index contributed by atoms with van der Waals surface area (Å²) in [4.78, 5) is 4.36. The number of hydrogen-bond donors (Lipinski definition) is 0. The van der Waals surface area contributed by atoms with E-state index in [2.05, 4.69) is 4.90 Å². The third-order valence-electron chi connectivity index (χ3n) is 5.52. The maximum absolute atomic E-state index is 13.3. The molecule has 3 heterocycles. The van der Waals surface area contributed by atoms with Crippen LogP contribution in [0.25, 0.3) is 0 Å². The third-order valence-corrected chi connectivity index (χ3v) is 5.52. The van der Waals surface area contributed by atoms with Crippen LogP contribution in [0.4, 0.5) is 17.6 Å². The summed E-state index contributed by atoms with van der Waals surface area (Å²) in [6.45, 7) is 3.28. The van der Waals surface area contributed by atoms with Gasteiger partial charge >= 0.3 is 12.3 Å². The molecule has 146 valence electrons. The van der Waals surface area contributed by atoms with Crippen LogP contribution >= 0.6 is 0 Å². The van der Waals surface area contributed by atoms with Gasteiger partial charge in [0.15, 0.2) is 0 Å². The third kappa shape index (κ3) is 4.68. The van der Waals surface area contributed by atoms with E-state index in [4.69, 9.17) is 4.74 Å². The molecule has 0 unspecified atom stereocenters. The van der Waals surface area contributed by atoms with Crippen molar-refractivity contribution in [3.63, 3.8) is 0 Å². The van der Waals surface area contributed by atoms with Gasteiger partial charge in [-0.1, -0.05) is 12.1 Å². The molecule has 0 N–H and O–H groups in total. The van der Waals surface area contributed by atoms with E-state index in [9.17, 15) is 17.6 Å². The zero-order valence-corrected chi connectivity index (χ0v) is 15.0. The lowest BCUT2D eigenvalue weighted by atomic mass is 9.94. The SMILES string of the molecule is COc1ccc(CN2C[C@H]3CC[C@@H](C2)N(CCC(F)(F)C(F)F)C3)cc1. The summed E-state index contributed by atoms with van der Waals surface area (Å²) in [6, 6.07) is 8.10. The molecule has 0 aromatic heterocycles. The van der Waals surface area contributed by atoms with Crippen LogP contribution in [0.5, 0.6) is 5.75 Å². The number of methoxy groups -OCH3 is 1. The topological polar surface area (TPSA) is 15.7 Å². The standard InChI is InChI=1S/C19H26F4N2O/c1-26-17-6-3-14(4-7-17)10-24-11-15-2-5-16(13-24)25(12-15)9-8-19(22,23)18(20)21/h3-4,6-7,15-16,18H,2,5,8-13H2,1H3/t15-,16+/m1/s1. The Morgan fingerprint density at radius 3 is 2.50 bits per heavy atom. The van der Waals surface area contributed by atoms with Crippen molar-refractivity contribution in [1.82, 2.24) is 9.80 Å². The smallest absolute Gasteiger partial charge is 0.308 e. The first-order valence-electron chi connectivity index (χ1n) is 9.12. The molecule has 0 radical (unpaired) electrons. The van der Waals surface area contributed by atoms with Crippen LogP contribution in [0.3, 0.4) is 0 Å². The van der Waals surface area contributed by atoms with Crippen LogP contribution in [0, 0.1) is 5.92 Å². The molecule has 0 amide bonds. The highest BCUT2D eigenvalue weighted by Crippen LogP contribution is 2.32. The van der Waals surface area contributed by atoms with Gasteiger partial charge in [-0.15, -0.1) is 0 Å². The van der Waals surface area contributed by atoms with E-state index in [1.165, 1.54) is 5.56 Å². The fraction of sp³-hybridized carbons (Fsp3) is 0.684. The molecule has 2 atom stereocenters. The Morgan fingerprint density at radius 1 is 1.12 bits per heavy atom. The van der Waals surface area contributed by atoms with Crippen molar-refractivity contribution in [1.29, 1.82) is 0 Å². The molecule has 3 nitrogen and oxygen atoms in total. The van der Waals surface area contributed by atoms with Gasteiger partial charge in [0, 0.05) is 45.2 Å². The van der Waals surface area contributed by atoms with Crippen LogP contribution < -0.4 is 4.74 Å². The minimum atomic E-state index is -3.89. The second-order valence-electron chi connectivity index (χ2n) is 7.45. The summed E-state index contributed by atoms with van der Waals surface area (Å²) in [5, 5.41) is 0. The zero-order valence-electron chi connectivity index (χ0n) is 15.0. The van der Waals surface area contributed by atoms with Crippen LogP contribution in [0.15, 0.2) is 24.3 Å². The van der Waals surface area contributed by atoms with Crippen LogP contribution in [-0.4, -0.2) is 61.5 Å². The summed E-state index contributed by atoms with van der Waals surface area (Å²) in [5.41, 5.74) is 1.18. The molecule has 1 aromatic rings. The van der Waals surface area contributed by atoms with Gasteiger partial charge in [0.05, 0.1) is 7.11 Å². The van der Waals surface area contributed by atoms with E-state index < -0.39 is 18.8 Å². The molecule has 2 bridgehead atoms. The van der Waals surface area contributed by atoms with Crippen molar-refractivity contribution in [3.05, 3.63) is 29.8 Å². The first-order chi connectivity index (χ1) is 12.4. The van der Waals surface area contributed by atoms with Gasteiger partial charge in [0.1, 0.15) is 5.75 Å². The highest BCUT2D eigenvalue weighted by atomic mass is 19.3. The van der Waals surface area contributed by atoms with Crippen LogP contribution in [0.1, 0.15) is 24.8 Å².